The molecule has 2 saturated carbocycles. The molecule has 0 N–H and O–H groups in total. The maximum atomic E-state index is 2.93. The predicted molar refractivity (Wildman–Crippen MR) is 103 cm³/mol. The smallest absolute Gasteiger partial charge is 0.184 e. The van der Waals surface area contributed by atoms with Crippen molar-refractivity contribution in [3.05, 3.63) is 136 Å². The van der Waals surface area contributed by atoms with E-state index in [2.05, 4.69) is 26.0 Å². The summed E-state index contributed by atoms with van der Waals surface area (Å²) in [6.07, 6.45) is 20.0. The molecule has 0 saturated heterocycles. The Kier molecular flexibility index (Phi) is 17.4. The molecule has 0 atom stereocenters. The topological polar surface area (TPSA) is 0 Å². The molecule has 25 heavy (non-hydrogen) atoms. The van der Waals surface area contributed by atoms with Gasteiger partial charge in [0, 0.05) is 0 Å². The van der Waals surface area contributed by atoms with Crippen molar-refractivity contribution < 1.29 is 21.7 Å². The van der Waals surface area contributed by atoms with Gasteiger partial charge in [0.15, 0.2) is 0 Å². The van der Waals surface area contributed by atoms with Gasteiger partial charge in [-0.2, -0.15) is 71.8 Å². The third-order valence-electron chi connectivity index (χ3n) is 2.88. The van der Waals surface area contributed by atoms with Crippen LogP contribution in [0.5, 0.6) is 0 Å². The molecule has 4 rings (SSSR count). The Morgan fingerprint density at radius 2 is 0.640 bits per heavy atom. The Morgan fingerprint density at radius 1 is 0.440 bits per heavy atom. The van der Waals surface area contributed by atoms with Gasteiger partial charge in [0.1, 0.15) is 0 Å². The summed E-state index contributed by atoms with van der Waals surface area (Å²) < 4.78 is 0. The molecule has 2 fully saturated rings. The number of rotatable bonds is 0. The van der Waals surface area contributed by atoms with Crippen LogP contribution >= 0.6 is 0 Å². The molecule has 0 bridgehead atoms. The molecule has 0 spiro atoms. The van der Waals surface area contributed by atoms with Gasteiger partial charge in [-0.1, -0.05) is 13.8 Å². The van der Waals surface area contributed by atoms with Gasteiger partial charge in [0.2, 0.25) is 0 Å². The molecule has 2 aromatic carbocycles. The van der Waals surface area contributed by atoms with Crippen LogP contribution in [-0.4, -0.2) is 0 Å². The molecule has 0 aromatic heterocycles. The monoisotopic (exact) mass is 360 g/mol. The summed E-state index contributed by atoms with van der Waals surface area (Å²) >= 11 is 0. The number of hydrogen-bond acceptors (Lipinski definition) is 0. The first-order valence-corrected chi connectivity index (χ1v) is 7.98. The van der Waals surface area contributed by atoms with E-state index >= 15 is 0 Å². The van der Waals surface area contributed by atoms with Crippen LogP contribution < -0.4 is 0 Å². The zero-order valence-electron chi connectivity index (χ0n) is 14.9. The molecular formula is C24H24Ti+2. The van der Waals surface area contributed by atoms with Gasteiger partial charge in [-0.15, -0.1) is 0 Å². The van der Waals surface area contributed by atoms with Crippen molar-refractivity contribution in [2.75, 3.05) is 0 Å². The molecule has 2 aliphatic rings. The predicted octanol–water partition coefficient (Wildman–Crippen LogP) is 5.63. The van der Waals surface area contributed by atoms with E-state index in [9.17, 15) is 0 Å². The van der Waals surface area contributed by atoms with Crippen LogP contribution in [-0.2, 0) is 21.7 Å². The molecule has 122 valence electrons. The normalized spacial score (nSPS) is 14.5. The van der Waals surface area contributed by atoms with Gasteiger partial charge in [0.05, 0.1) is 0 Å². The second kappa shape index (κ2) is 18.0. The summed E-state index contributed by atoms with van der Waals surface area (Å²) in [5.74, 6) is 0. The molecule has 0 aliphatic heterocycles. The first kappa shape index (κ1) is 24.2. The van der Waals surface area contributed by atoms with Crippen LogP contribution in [0.1, 0.15) is 11.1 Å². The fraction of sp³-hybridized carbons (Fsp3) is 0.0833. The van der Waals surface area contributed by atoms with E-state index in [1.54, 1.807) is 0 Å². The van der Waals surface area contributed by atoms with Crippen molar-refractivity contribution in [3.63, 3.8) is 0 Å². The maximum absolute atomic E-state index is 2.93. The summed E-state index contributed by atoms with van der Waals surface area (Å²) in [5, 5.41) is 0. The number of benzene rings is 2. The van der Waals surface area contributed by atoms with E-state index in [1.807, 2.05) is 113 Å². The zero-order chi connectivity index (χ0) is 17.3. The van der Waals surface area contributed by atoms with Gasteiger partial charge in [0.25, 0.3) is 0 Å². The Morgan fingerprint density at radius 3 is 0.760 bits per heavy atom. The largest absolute Gasteiger partial charge is 4.00 e. The van der Waals surface area contributed by atoms with E-state index < -0.39 is 0 Å². The van der Waals surface area contributed by atoms with Crippen LogP contribution in [0.25, 0.3) is 0 Å². The minimum Gasteiger partial charge on any atom is -0.184 e. The van der Waals surface area contributed by atoms with Crippen molar-refractivity contribution in [2.45, 2.75) is 13.8 Å². The van der Waals surface area contributed by atoms with Crippen molar-refractivity contribution >= 4 is 0 Å². The Bertz CT molecular complexity index is 407. The van der Waals surface area contributed by atoms with Gasteiger partial charge in [-0.3, -0.25) is 0 Å². The molecule has 2 aliphatic carbocycles. The van der Waals surface area contributed by atoms with Crippen molar-refractivity contribution in [1.29, 1.82) is 0 Å². The third kappa shape index (κ3) is 16.4. The average molecular weight is 360 g/mol. The van der Waals surface area contributed by atoms with Gasteiger partial charge < -0.3 is 0 Å². The van der Waals surface area contributed by atoms with E-state index in [1.165, 1.54) is 11.1 Å². The van der Waals surface area contributed by atoms with Crippen molar-refractivity contribution in [1.82, 2.24) is 0 Å². The van der Waals surface area contributed by atoms with Crippen molar-refractivity contribution in [2.24, 2.45) is 0 Å². The number of aryl methyl sites for hydroxylation is 2. The summed E-state index contributed by atoms with van der Waals surface area (Å²) in [7, 11) is 0. The first-order valence-electron chi connectivity index (χ1n) is 7.98. The van der Waals surface area contributed by atoms with E-state index in [-0.39, 0.29) is 21.7 Å². The SMILES string of the molecule is Cc1cc[c-]cc1.Cc1cc[c-]cc1.[CH]1[CH][CH][CH][CH]1.[CH]1[CH][CH][CH][CH]1.[Ti+4]. The maximum Gasteiger partial charge on any atom is 4.00 e. The summed E-state index contributed by atoms with van der Waals surface area (Å²) in [6, 6.07) is 21.6. The van der Waals surface area contributed by atoms with Crippen LogP contribution in [0.15, 0.2) is 48.5 Å². The number of hydrogen-bond donors (Lipinski definition) is 0. The standard InChI is InChI=1S/2C7H7.2C5H5.Ti/c2*1-7-5-3-2-4-6-7;2*1-2-4-5-3-1;/h2*3-6H,1H3;2*1-5H;/q2*-1;;;+4. The Balaban J connectivity index is 0.000000307. The molecule has 2 aromatic rings. The van der Waals surface area contributed by atoms with Gasteiger partial charge in [-0.25, -0.2) is 0 Å². The molecular weight excluding hydrogens is 336 g/mol. The van der Waals surface area contributed by atoms with Crippen molar-refractivity contribution in [3.8, 4) is 0 Å². The van der Waals surface area contributed by atoms with E-state index in [4.69, 9.17) is 0 Å². The van der Waals surface area contributed by atoms with Crippen LogP contribution in [0.3, 0.4) is 0 Å². The van der Waals surface area contributed by atoms with Gasteiger partial charge in [-0.05, 0) is 64.2 Å². The quantitative estimate of drug-likeness (QED) is 0.422. The minimum atomic E-state index is 0. The van der Waals surface area contributed by atoms with Gasteiger partial charge >= 0.3 is 21.7 Å². The molecule has 0 heterocycles. The Labute approximate surface area is 171 Å². The fourth-order valence-electron chi connectivity index (χ4n) is 1.58. The molecule has 0 amide bonds. The zero-order valence-corrected chi connectivity index (χ0v) is 16.5. The molecule has 10 radical (unpaired) electrons. The average Bonchev–Trinajstić information content (AvgIpc) is 3.36. The second-order valence-corrected chi connectivity index (χ2v) is 5.08. The third-order valence-corrected chi connectivity index (χ3v) is 2.88. The van der Waals surface area contributed by atoms with E-state index in [0.717, 1.165) is 0 Å². The summed E-state index contributed by atoms with van der Waals surface area (Å²) in [4.78, 5) is 0. The fourth-order valence-corrected chi connectivity index (χ4v) is 1.58. The minimum absolute atomic E-state index is 0. The molecule has 0 nitrogen and oxygen atoms in total. The molecule has 1 heteroatoms. The summed E-state index contributed by atoms with van der Waals surface area (Å²) in [5.41, 5.74) is 2.58. The molecule has 0 unspecified atom stereocenters. The van der Waals surface area contributed by atoms with E-state index in [0.29, 0.717) is 0 Å². The van der Waals surface area contributed by atoms with Crippen LogP contribution in [0.4, 0.5) is 0 Å². The summed E-state index contributed by atoms with van der Waals surface area (Å²) in [6.45, 7) is 4.13. The first-order chi connectivity index (χ1) is 11.8. The Hall–Kier alpha value is -0.846. The van der Waals surface area contributed by atoms with Crippen LogP contribution in [0, 0.1) is 90.2 Å². The second-order valence-electron chi connectivity index (χ2n) is 5.08. The van der Waals surface area contributed by atoms with Crippen LogP contribution in [0.2, 0.25) is 0 Å².